The van der Waals surface area contributed by atoms with Gasteiger partial charge in [0.05, 0.1) is 6.42 Å². The van der Waals surface area contributed by atoms with Crippen molar-refractivity contribution in [1.29, 1.82) is 0 Å². The second kappa shape index (κ2) is 6.89. The number of carbonyl (C=O) groups is 2. The van der Waals surface area contributed by atoms with Crippen LogP contribution in [0, 0.1) is 13.8 Å². The highest BCUT2D eigenvalue weighted by Gasteiger charge is 2.18. The molecule has 19 heavy (non-hydrogen) atoms. The van der Waals surface area contributed by atoms with Crippen LogP contribution < -0.4 is 4.90 Å². The maximum absolute atomic E-state index is 12.0. The van der Waals surface area contributed by atoms with E-state index in [0.717, 1.165) is 16.8 Å². The van der Waals surface area contributed by atoms with Crippen LogP contribution in [0.4, 0.5) is 5.69 Å². The number of anilines is 1. The number of aryl methyl sites for hydroxylation is 1. The summed E-state index contributed by atoms with van der Waals surface area (Å²) in [7, 11) is 1.44. The second-order valence-electron chi connectivity index (χ2n) is 4.34. The van der Waals surface area contributed by atoms with Crippen molar-refractivity contribution in [2.45, 2.75) is 20.3 Å². The molecule has 104 valence electrons. The largest absolute Gasteiger partial charge is 0.481 e. The van der Waals surface area contributed by atoms with Gasteiger partial charge in [-0.15, -0.1) is 0 Å². The van der Waals surface area contributed by atoms with Crippen LogP contribution in [0.25, 0.3) is 0 Å². The fourth-order valence-electron chi connectivity index (χ4n) is 1.82. The molecule has 1 rings (SSSR count). The molecule has 0 fully saturated rings. The first kappa shape index (κ1) is 15.2. The van der Waals surface area contributed by atoms with E-state index in [0.29, 0.717) is 0 Å². The molecular weight excluding hydrogens is 246 g/mol. The highest BCUT2D eigenvalue weighted by molar-refractivity contribution is 5.95. The molecule has 0 unspecified atom stereocenters. The summed E-state index contributed by atoms with van der Waals surface area (Å²) in [5.74, 6) is -1.17. The fourth-order valence-corrected chi connectivity index (χ4v) is 1.82. The summed E-state index contributed by atoms with van der Waals surface area (Å²) in [5, 5.41) is 8.78. The van der Waals surface area contributed by atoms with Crippen molar-refractivity contribution in [3.8, 4) is 0 Å². The molecule has 0 radical (unpaired) electrons. The highest BCUT2D eigenvalue weighted by atomic mass is 16.5. The van der Waals surface area contributed by atoms with Gasteiger partial charge in [0.1, 0.15) is 6.61 Å². The normalized spacial score (nSPS) is 10.3. The molecule has 1 aromatic carbocycles. The van der Waals surface area contributed by atoms with E-state index in [4.69, 9.17) is 9.84 Å². The average Bonchev–Trinajstić information content (AvgIpc) is 2.34. The molecule has 0 aliphatic carbocycles. The molecule has 0 bridgehead atoms. The summed E-state index contributed by atoms with van der Waals surface area (Å²) in [4.78, 5) is 24.2. The lowest BCUT2D eigenvalue weighted by Crippen LogP contribution is -2.36. The lowest BCUT2D eigenvalue weighted by Gasteiger charge is -2.24. The summed E-state index contributed by atoms with van der Waals surface area (Å²) < 4.78 is 4.84. The molecule has 5 nitrogen and oxygen atoms in total. The van der Waals surface area contributed by atoms with E-state index in [1.165, 1.54) is 12.0 Å². The van der Waals surface area contributed by atoms with Gasteiger partial charge in [-0.05, 0) is 31.0 Å². The maximum Gasteiger partial charge on any atom is 0.305 e. The van der Waals surface area contributed by atoms with Gasteiger partial charge in [-0.1, -0.05) is 12.1 Å². The monoisotopic (exact) mass is 265 g/mol. The minimum absolute atomic E-state index is 0.0625. The first-order valence-corrected chi connectivity index (χ1v) is 6.04. The topological polar surface area (TPSA) is 66.8 Å². The van der Waals surface area contributed by atoms with Crippen molar-refractivity contribution in [3.05, 3.63) is 29.3 Å². The Hall–Kier alpha value is -1.88. The Bertz CT molecular complexity index is 471. The molecule has 0 aromatic heterocycles. The smallest absolute Gasteiger partial charge is 0.305 e. The summed E-state index contributed by atoms with van der Waals surface area (Å²) in [6, 6.07) is 5.62. The number of amides is 1. The molecular formula is C14H19NO4. The number of methoxy groups -OCH3 is 1. The van der Waals surface area contributed by atoms with Crippen LogP contribution in [0.1, 0.15) is 17.5 Å². The Balaban J connectivity index is 3.04. The third kappa shape index (κ3) is 4.06. The number of carboxylic acid groups (broad SMARTS) is 1. The van der Waals surface area contributed by atoms with Crippen molar-refractivity contribution in [2.24, 2.45) is 0 Å². The van der Waals surface area contributed by atoms with Gasteiger partial charge in [-0.25, -0.2) is 0 Å². The minimum Gasteiger partial charge on any atom is -0.481 e. The molecule has 5 heteroatoms. The van der Waals surface area contributed by atoms with Gasteiger partial charge >= 0.3 is 5.97 Å². The van der Waals surface area contributed by atoms with E-state index in [2.05, 4.69) is 0 Å². The third-order valence-corrected chi connectivity index (χ3v) is 2.98. The summed E-state index contributed by atoms with van der Waals surface area (Å²) >= 11 is 0. The predicted octanol–water partition coefficient (Wildman–Crippen LogP) is 1.76. The Morgan fingerprint density at radius 1 is 1.32 bits per heavy atom. The van der Waals surface area contributed by atoms with Gasteiger partial charge in [-0.2, -0.15) is 0 Å². The molecule has 0 heterocycles. The summed E-state index contributed by atoms with van der Waals surface area (Å²) in [6.45, 7) is 3.95. The Labute approximate surface area is 112 Å². The number of ether oxygens (including phenoxy) is 1. The number of hydrogen-bond acceptors (Lipinski definition) is 3. The van der Waals surface area contributed by atoms with Gasteiger partial charge in [-0.3, -0.25) is 9.59 Å². The lowest BCUT2D eigenvalue weighted by molar-refractivity contribution is -0.136. The molecule has 0 aliphatic heterocycles. The number of rotatable bonds is 6. The van der Waals surface area contributed by atoms with Crippen molar-refractivity contribution >= 4 is 17.6 Å². The van der Waals surface area contributed by atoms with Crippen molar-refractivity contribution in [3.63, 3.8) is 0 Å². The quantitative estimate of drug-likeness (QED) is 0.851. The fraction of sp³-hybridized carbons (Fsp3) is 0.429. The lowest BCUT2D eigenvalue weighted by atomic mass is 10.1. The van der Waals surface area contributed by atoms with Gasteiger partial charge < -0.3 is 14.7 Å². The van der Waals surface area contributed by atoms with E-state index in [1.807, 2.05) is 32.0 Å². The molecule has 0 aliphatic rings. The summed E-state index contributed by atoms with van der Waals surface area (Å²) in [5.41, 5.74) is 2.77. The van der Waals surface area contributed by atoms with Gasteiger partial charge in [0.2, 0.25) is 0 Å². The maximum atomic E-state index is 12.0. The van der Waals surface area contributed by atoms with Crippen LogP contribution in [0.3, 0.4) is 0 Å². The van der Waals surface area contributed by atoms with Crippen LogP contribution >= 0.6 is 0 Å². The highest BCUT2D eigenvalue weighted by Crippen LogP contribution is 2.23. The molecule has 0 saturated carbocycles. The number of carbonyl (C=O) groups excluding carboxylic acids is 1. The number of aliphatic carboxylic acids is 1. The Kier molecular flexibility index (Phi) is 5.51. The molecule has 0 saturated heterocycles. The van der Waals surface area contributed by atoms with E-state index in [9.17, 15) is 9.59 Å². The third-order valence-electron chi connectivity index (χ3n) is 2.98. The molecule has 1 N–H and O–H groups in total. The number of hydrogen-bond donors (Lipinski definition) is 1. The SMILES string of the molecule is COCC(=O)N(CCC(=O)O)c1cccc(C)c1C. The van der Waals surface area contributed by atoms with Crippen LogP contribution in [0.5, 0.6) is 0 Å². The number of carboxylic acids is 1. The zero-order valence-corrected chi connectivity index (χ0v) is 11.5. The summed E-state index contributed by atoms with van der Waals surface area (Å²) in [6.07, 6.45) is -0.0944. The molecule has 0 atom stereocenters. The van der Waals surface area contributed by atoms with E-state index >= 15 is 0 Å². The standard InChI is InChI=1S/C14H19NO4/c1-10-5-4-6-12(11(10)2)15(8-7-14(17)18)13(16)9-19-3/h4-6H,7-9H2,1-3H3,(H,17,18). The van der Waals surface area contributed by atoms with Crippen LogP contribution in [-0.2, 0) is 14.3 Å². The van der Waals surface area contributed by atoms with Crippen molar-refractivity contribution < 1.29 is 19.4 Å². The molecule has 1 amide bonds. The van der Waals surface area contributed by atoms with Gasteiger partial charge in [0.15, 0.2) is 0 Å². The van der Waals surface area contributed by atoms with Crippen molar-refractivity contribution in [1.82, 2.24) is 0 Å². The molecule has 0 spiro atoms. The first-order chi connectivity index (χ1) is 8.97. The van der Waals surface area contributed by atoms with E-state index in [1.54, 1.807) is 0 Å². The van der Waals surface area contributed by atoms with Gasteiger partial charge in [0.25, 0.3) is 5.91 Å². The zero-order chi connectivity index (χ0) is 14.4. The molecule has 1 aromatic rings. The first-order valence-electron chi connectivity index (χ1n) is 6.04. The number of nitrogens with zero attached hydrogens (tertiary/aromatic N) is 1. The second-order valence-corrected chi connectivity index (χ2v) is 4.34. The minimum atomic E-state index is -0.930. The van der Waals surface area contributed by atoms with Crippen LogP contribution in [0.2, 0.25) is 0 Å². The van der Waals surface area contributed by atoms with E-state index in [-0.39, 0.29) is 25.5 Å². The van der Waals surface area contributed by atoms with Crippen molar-refractivity contribution in [2.75, 3.05) is 25.2 Å². The van der Waals surface area contributed by atoms with Crippen LogP contribution in [0.15, 0.2) is 18.2 Å². The van der Waals surface area contributed by atoms with E-state index < -0.39 is 5.97 Å². The zero-order valence-electron chi connectivity index (χ0n) is 11.5. The Morgan fingerprint density at radius 2 is 2.00 bits per heavy atom. The number of benzene rings is 1. The average molecular weight is 265 g/mol. The Morgan fingerprint density at radius 3 is 2.58 bits per heavy atom. The van der Waals surface area contributed by atoms with Gasteiger partial charge in [0, 0.05) is 19.3 Å². The predicted molar refractivity (Wildman–Crippen MR) is 72.4 cm³/mol. The van der Waals surface area contributed by atoms with Crippen LogP contribution in [-0.4, -0.2) is 37.2 Å².